The summed E-state index contributed by atoms with van der Waals surface area (Å²) >= 11 is 0. The normalized spacial score (nSPS) is 14.2. The fourth-order valence-electron chi connectivity index (χ4n) is 2.98. The predicted molar refractivity (Wildman–Crippen MR) is 122 cm³/mol. The van der Waals surface area contributed by atoms with Crippen LogP contribution in [-0.2, 0) is 20.8 Å². The first-order chi connectivity index (χ1) is 14.4. The van der Waals surface area contributed by atoms with Crippen molar-refractivity contribution < 1.29 is 12.6 Å². The fraction of sp³-hybridized carbons (Fsp3) is 0.227. The molecule has 3 aromatic rings. The minimum atomic E-state index is -3.61. The number of nitrogens with zero attached hydrogens (tertiary/aromatic N) is 1. The molecule has 1 aromatic heterocycles. The molecular formula is C22H25N3O3S2. The average molecular weight is 444 g/mol. The van der Waals surface area contributed by atoms with Gasteiger partial charge in [-0.1, -0.05) is 36.4 Å². The van der Waals surface area contributed by atoms with Crippen molar-refractivity contribution in [1.29, 1.82) is 0 Å². The molecule has 0 amide bonds. The van der Waals surface area contributed by atoms with Gasteiger partial charge in [0.25, 0.3) is 0 Å². The second kappa shape index (κ2) is 10.1. The Morgan fingerprint density at radius 2 is 1.87 bits per heavy atom. The molecule has 2 N–H and O–H groups in total. The Balaban J connectivity index is 1.51. The molecule has 2 aromatic carbocycles. The van der Waals surface area contributed by atoms with Crippen LogP contribution in [0.25, 0.3) is 16.8 Å². The maximum atomic E-state index is 12.7. The van der Waals surface area contributed by atoms with E-state index in [0.717, 1.165) is 15.8 Å². The summed E-state index contributed by atoms with van der Waals surface area (Å²) in [6.45, 7) is 2.77. The van der Waals surface area contributed by atoms with Gasteiger partial charge in [0, 0.05) is 64.2 Å². The van der Waals surface area contributed by atoms with Crippen LogP contribution >= 0.6 is 0 Å². The molecule has 0 saturated heterocycles. The Morgan fingerprint density at radius 3 is 2.60 bits per heavy atom. The van der Waals surface area contributed by atoms with Crippen LogP contribution in [0, 0.1) is 0 Å². The molecule has 1 heterocycles. The molecule has 0 aliphatic carbocycles. The van der Waals surface area contributed by atoms with Crippen molar-refractivity contribution in [2.24, 2.45) is 0 Å². The lowest BCUT2D eigenvalue weighted by molar-refractivity contribution is 0.571. The quantitative estimate of drug-likeness (QED) is 0.497. The minimum Gasteiger partial charge on any atom is -0.309 e. The van der Waals surface area contributed by atoms with E-state index < -0.39 is 20.8 Å². The summed E-state index contributed by atoms with van der Waals surface area (Å²) < 4.78 is 39.4. The van der Waals surface area contributed by atoms with E-state index in [2.05, 4.69) is 15.0 Å². The summed E-state index contributed by atoms with van der Waals surface area (Å²) in [6, 6.07) is 14.5. The van der Waals surface area contributed by atoms with Crippen LogP contribution in [0.2, 0.25) is 0 Å². The van der Waals surface area contributed by atoms with E-state index in [1.807, 2.05) is 49.4 Å². The number of aromatic nitrogens is 1. The summed E-state index contributed by atoms with van der Waals surface area (Å²) in [5.41, 5.74) is 1.02. The summed E-state index contributed by atoms with van der Waals surface area (Å²) in [4.78, 5) is 5.09. The van der Waals surface area contributed by atoms with E-state index in [1.54, 1.807) is 36.8 Å². The van der Waals surface area contributed by atoms with Gasteiger partial charge in [0.15, 0.2) is 0 Å². The maximum absolute atomic E-state index is 12.7. The summed E-state index contributed by atoms with van der Waals surface area (Å²) in [6.07, 6.45) is 8.88. The number of pyridine rings is 1. The zero-order chi connectivity index (χ0) is 21.6. The van der Waals surface area contributed by atoms with Crippen molar-refractivity contribution >= 4 is 37.7 Å². The van der Waals surface area contributed by atoms with E-state index in [-0.39, 0.29) is 17.5 Å². The predicted octanol–water partition coefficient (Wildman–Crippen LogP) is 2.94. The van der Waals surface area contributed by atoms with Crippen LogP contribution in [-0.4, -0.2) is 43.0 Å². The van der Waals surface area contributed by atoms with Crippen molar-refractivity contribution in [3.05, 3.63) is 72.6 Å². The highest BCUT2D eigenvalue weighted by atomic mass is 32.2. The van der Waals surface area contributed by atoms with Gasteiger partial charge in [-0.15, -0.1) is 0 Å². The maximum Gasteiger partial charge on any atom is 0.241 e. The third-order valence-electron chi connectivity index (χ3n) is 4.60. The van der Waals surface area contributed by atoms with Crippen molar-refractivity contribution in [1.82, 2.24) is 15.0 Å². The van der Waals surface area contributed by atoms with Gasteiger partial charge < -0.3 is 5.32 Å². The lowest BCUT2D eigenvalue weighted by Crippen LogP contribution is -2.35. The second-order valence-electron chi connectivity index (χ2n) is 6.88. The number of hydrogen-bond acceptors (Lipinski definition) is 5. The first-order valence-electron chi connectivity index (χ1n) is 9.54. The Bertz CT molecular complexity index is 1150. The monoisotopic (exact) mass is 443 g/mol. The highest BCUT2D eigenvalue weighted by Gasteiger charge is 2.16. The van der Waals surface area contributed by atoms with Gasteiger partial charge in [-0.25, -0.2) is 13.1 Å². The van der Waals surface area contributed by atoms with Crippen molar-refractivity contribution in [2.45, 2.75) is 22.8 Å². The topological polar surface area (TPSA) is 88.2 Å². The molecule has 0 radical (unpaired) electrons. The largest absolute Gasteiger partial charge is 0.309 e. The number of sulfonamides is 1. The molecule has 6 nitrogen and oxygen atoms in total. The molecule has 0 fully saturated rings. The van der Waals surface area contributed by atoms with Gasteiger partial charge in [0.05, 0.1) is 4.90 Å². The molecular weight excluding hydrogens is 418 g/mol. The third kappa shape index (κ3) is 5.82. The molecule has 0 spiro atoms. The molecule has 2 atom stereocenters. The van der Waals surface area contributed by atoms with Crippen LogP contribution < -0.4 is 10.0 Å². The fourth-order valence-corrected chi connectivity index (χ4v) is 4.76. The lowest BCUT2D eigenvalue weighted by atomic mass is 10.2. The van der Waals surface area contributed by atoms with Crippen LogP contribution in [0.1, 0.15) is 12.5 Å². The highest BCUT2D eigenvalue weighted by molar-refractivity contribution is 7.89. The number of rotatable bonds is 9. The van der Waals surface area contributed by atoms with Gasteiger partial charge >= 0.3 is 0 Å². The average Bonchev–Trinajstić information content (AvgIpc) is 2.75. The second-order valence-corrected chi connectivity index (χ2v) is 9.99. The van der Waals surface area contributed by atoms with Crippen LogP contribution in [0.5, 0.6) is 0 Å². The lowest BCUT2D eigenvalue weighted by Gasteiger charge is -2.12. The van der Waals surface area contributed by atoms with Gasteiger partial charge in [-0.3, -0.25) is 9.19 Å². The number of hydrogen-bond donors (Lipinski definition) is 2. The summed E-state index contributed by atoms with van der Waals surface area (Å²) in [7, 11) is -4.59. The van der Waals surface area contributed by atoms with Crippen LogP contribution in [0.3, 0.4) is 0 Å². The zero-order valence-corrected chi connectivity index (χ0v) is 18.5. The molecule has 3 rings (SSSR count). The van der Waals surface area contributed by atoms with E-state index in [4.69, 9.17) is 0 Å². The van der Waals surface area contributed by atoms with Crippen molar-refractivity contribution in [3.8, 4) is 0 Å². The van der Waals surface area contributed by atoms with Crippen molar-refractivity contribution in [3.63, 3.8) is 0 Å². The number of benzene rings is 2. The molecule has 0 saturated carbocycles. The smallest absolute Gasteiger partial charge is 0.241 e. The molecule has 158 valence electrons. The first-order valence-corrected chi connectivity index (χ1v) is 12.6. The zero-order valence-electron chi connectivity index (χ0n) is 16.9. The standard InChI is InChI=1S/C22H25N3O3S2/c1-17(6-7-18-8-10-20(11-9-18)29(2)26)24-14-15-25-30(27,28)22-5-3-4-19-16-23-13-12-21(19)22/h3-13,16-17,24-25H,14-15H2,1-2H3. The van der Waals surface area contributed by atoms with E-state index >= 15 is 0 Å². The molecule has 2 unspecified atom stereocenters. The first kappa shape index (κ1) is 22.3. The molecule has 8 heteroatoms. The summed E-state index contributed by atoms with van der Waals surface area (Å²) in [5.74, 6) is 0. The SMILES string of the molecule is CC(C=Cc1ccc(S(C)=O)cc1)NCCNS(=O)(=O)c1cccc2cnccc12. The van der Waals surface area contributed by atoms with E-state index in [0.29, 0.717) is 11.9 Å². The molecule has 0 bridgehead atoms. The molecule has 30 heavy (non-hydrogen) atoms. The Hall–Kier alpha value is -2.39. The summed E-state index contributed by atoms with van der Waals surface area (Å²) in [5, 5.41) is 4.71. The van der Waals surface area contributed by atoms with Gasteiger partial charge in [0.1, 0.15) is 0 Å². The van der Waals surface area contributed by atoms with Gasteiger partial charge in [-0.2, -0.15) is 0 Å². The minimum absolute atomic E-state index is 0.0677. The van der Waals surface area contributed by atoms with E-state index in [1.165, 1.54) is 0 Å². The Morgan fingerprint density at radius 1 is 1.10 bits per heavy atom. The highest BCUT2D eigenvalue weighted by Crippen LogP contribution is 2.21. The Labute approximate surface area is 179 Å². The van der Waals surface area contributed by atoms with Gasteiger partial charge in [0.2, 0.25) is 10.0 Å². The third-order valence-corrected chi connectivity index (χ3v) is 7.06. The van der Waals surface area contributed by atoms with Crippen molar-refractivity contribution in [2.75, 3.05) is 19.3 Å². The van der Waals surface area contributed by atoms with Crippen LogP contribution in [0.15, 0.2) is 76.8 Å². The Kier molecular flexibility index (Phi) is 7.49. The van der Waals surface area contributed by atoms with Gasteiger partial charge in [-0.05, 0) is 36.8 Å². The number of nitrogens with one attached hydrogen (secondary N) is 2. The molecule has 0 aliphatic rings. The number of fused-ring (bicyclic) bond motifs is 1. The van der Waals surface area contributed by atoms with Crippen LogP contribution in [0.4, 0.5) is 0 Å². The van der Waals surface area contributed by atoms with E-state index in [9.17, 15) is 12.6 Å². The molecule has 0 aliphatic heterocycles.